The molecule has 0 aliphatic heterocycles. The Balaban J connectivity index is 3.78. The number of hydrogen-bond acceptors (Lipinski definition) is 3. The maximum Gasteiger partial charge on any atom is 0.220 e. The van der Waals surface area contributed by atoms with Gasteiger partial charge in [-0.15, -0.1) is 0 Å². The van der Waals surface area contributed by atoms with Gasteiger partial charge in [0.05, 0.1) is 18.8 Å². The summed E-state index contributed by atoms with van der Waals surface area (Å²) in [6.07, 6.45) is 68.2. The van der Waals surface area contributed by atoms with Crippen molar-refractivity contribution in [2.75, 3.05) is 6.61 Å². The minimum absolute atomic E-state index is 0.130. The van der Waals surface area contributed by atoms with Gasteiger partial charge in [0.1, 0.15) is 0 Å². The van der Waals surface area contributed by atoms with Crippen LogP contribution in [-0.4, -0.2) is 34.9 Å². The summed E-state index contributed by atoms with van der Waals surface area (Å²) in [4.78, 5) is 12.3. The van der Waals surface area contributed by atoms with Gasteiger partial charge in [-0.05, 0) is 103 Å². The van der Waals surface area contributed by atoms with Gasteiger partial charge in [0.2, 0.25) is 5.91 Å². The van der Waals surface area contributed by atoms with Crippen LogP contribution < -0.4 is 5.32 Å². The molecule has 0 heterocycles. The van der Waals surface area contributed by atoms with Crippen molar-refractivity contribution >= 4 is 5.91 Å². The molecule has 0 aromatic rings. The van der Waals surface area contributed by atoms with E-state index >= 15 is 0 Å². The lowest BCUT2D eigenvalue weighted by Gasteiger charge is -2.19. The molecule has 4 heteroatoms. The molecule has 0 fully saturated rings. The van der Waals surface area contributed by atoms with E-state index in [2.05, 4.69) is 153 Å². The second kappa shape index (κ2) is 41.7. The summed E-state index contributed by atoms with van der Waals surface area (Å²) in [5, 5.41) is 22.6. The molecule has 52 heavy (non-hydrogen) atoms. The van der Waals surface area contributed by atoms with Crippen molar-refractivity contribution in [2.45, 2.75) is 142 Å². The second-order valence-corrected chi connectivity index (χ2v) is 12.6. The minimum Gasteiger partial charge on any atom is -0.394 e. The second-order valence-electron chi connectivity index (χ2n) is 12.6. The quantitative estimate of drug-likeness (QED) is 0.0469. The molecule has 0 saturated heterocycles. The third-order valence-electron chi connectivity index (χ3n) is 7.79. The summed E-state index contributed by atoms with van der Waals surface area (Å²) in [7, 11) is 0. The zero-order chi connectivity index (χ0) is 37.8. The van der Waals surface area contributed by atoms with Gasteiger partial charge in [-0.3, -0.25) is 4.79 Å². The number of unbranched alkanes of at least 4 members (excludes halogenated alkanes) is 4. The van der Waals surface area contributed by atoms with Gasteiger partial charge in [0.15, 0.2) is 0 Å². The number of nitrogens with one attached hydrogen (secondary N) is 1. The van der Waals surface area contributed by atoms with Crippen LogP contribution in [0.25, 0.3) is 0 Å². The molecular formula is C48H73NO3. The average molecular weight is 712 g/mol. The van der Waals surface area contributed by atoms with Gasteiger partial charge in [0, 0.05) is 6.42 Å². The average Bonchev–Trinajstić information content (AvgIpc) is 3.15. The maximum atomic E-state index is 12.3. The van der Waals surface area contributed by atoms with Crippen molar-refractivity contribution < 1.29 is 15.0 Å². The van der Waals surface area contributed by atoms with Gasteiger partial charge >= 0.3 is 0 Å². The first-order chi connectivity index (χ1) is 25.7. The SMILES string of the molecule is CC/C=C\C/C=C\C/C=C\C/C=C\C/C=C\C/C=C\C/C=C\C/C=C\C/C=C\C/C=C\CCCCC(=O)NC(CO)C(O)/C=C/CC/C=C/CCC. The number of hydrogen-bond donors (Lipinski definition) is 3. The van der Waals surface area contributed by atoms with Crippen LogP contribution in [0.2, 0.25) is 0 Å². The molecule has 1 amide bonds. The number of aliphatic hydroxyl groups is 2. The van der Waals surface area contributed by atoms with E-state index in [0.717, 1.165) is 109 Å². The van der Waals surface area contributed by atoms with Crippen molar-refractivity contribution in [3.63, 3.8) is 0 Å². The standard InChI is InChI=1S/C48H73NO3/c1-3-5-7-9-11-12-13-14-15-16-17-18-19-20-21-22-23-24-25-26-27-28-29-30-31-32-33-34-35-36-38-40-42-44-48(52)49-46(45-50)47(51)43-41-39-37-10-8-6-4-2/h5,7-8,10-12,14-15,17-18,20-21,23-24,26-27,29-30,32-33,35-36,41,43,46-47,50-51H,3-4,6,9,13,16,19,22,25,28,31,34,37-40,42,44-45H2,1-2H3,(H,49,52)/b7-5-,10-8+,12-11-,15-14-,18-17-,21-20-,24-23-,27-26-,30-29-,33-32-,36-35-,43-41+. The fourth-order valence-corrected chi connectivity index (χ4v) is 4.75. The lowest BCUT2D eigenvalue weighted by molar-refractivity contribution is -0.123. The van der Waals surface area contributed by atoms with Crippen LogP contribution >= 0.6 is 0 Å². The Labute approximate surface area is 319 Å². The smallest absolute Gasteiger partial charge is 0.220 e. The molecule has 2 atom stereocenters. The van der Waals surface area contributed by atoms with Crippen LogP contribution in [0.15, 0.2) is 146 Å². The van der Waals surface area contributed by atoms with Gasteiger partial charge in [-0.25, -0.2) is 0 Å². The van der Waals surface area contributed by atoms with Gasteiger partial charge < -0.3 is 15.5 Å². The van der Waals surface area contributed by atoms with Crippen LogP contribution in [0.3, 0.4) is 0 Å². The Kier molecular flexibility index (Phi) is 38.7. The molecule has 0 aliphatic rings. The van der Waals surface area contributed by atoms with E-state index in [1.165, 1.54) is 0 Å². The van der Waals surface area contributed by atoms with Crippen LogP contribution in [0.4, 0.5) is 0 Å². The summed E-state index contributed by atoms with van der Waals surface area (Å²) in [6, 6.07) is -0.670. The van der Waals surface area contributed by atoms with Crippen LogP contribution in [0.5, 0.6) is 0 Å². The molecule has 3 N–H and O–H groups in total. The molecule has 288 valence electrons. The third kappa shape index (κ3) is 37.5. The van der Waals surface area contributed by atoms with E-state index in [-0.39, 0.29) is 12.5 Å². The maximum absolute atomic E-state index is 12.3. The van der Waals surface area contributed by atoms with Gasteiger partial charge in [-0.2, -0.15) is 0 Å². The molecule has 0 saturated carbocycles. The van der Waals surface area contributed by atoms with Crippen LogP contribution in [-0.2, 0) is 4.79 Å². The van der Waals surface area contributed by atoms with Crippen molar-refractivity contribution in [3.8, 4) is 0 Å². The Morgan fingerprint density at radius 1 is 0.481 bits per heavy atom. The highest BCUT2D eigenvalue weighted by molar-refractivity contribution is 5.76. The Morgan fingerprint density at radius 2 is 0.846 bits per heavy atom. The molecule has 4 nitrogen and oxygen atoms in total. The fraction of sp³-hybridized carbons (Fsp3) is 0.479. The van der Waals surface area contributed by atoms with Gasteiger partial charge in [0.25, 0.3) is 0 Å². The van der Waals surface area contributed by atoms with E-state index in [0.29, 0.717) is 6.42 Å². The van der Waals surface area contributed by atoms with Crippen LogP contribution in [0.1, 0.15) is 129 Å². The van der Waals surface area contributed by atoms with E-state index in [4.69, 9.17) is 0 Å². The summed E-state index contributed by atoms with van der Waals surface area (Å²) < 4.78 is 0. The predicted molar refractivity (Wildman–Crippen MR) is 229 cm³/mol. The Hall–Kier alpha value is -3.73. The highest BCUT2D eigenvalue weighted by Crippen LogP contribution is 2.05. The number of carbonyl (C=O) groups excluding carboxylic acids is 1. The van der Waals surface area contributed by atoms with E-state index in [9.17, 15) is 15.0 Å². The normalized spacial score (nSPS) is 14.6. The molecular weight excluding hydrogens is 639 g/mol. The molecule has 0 rings (SSSR count). The van der Waals surface area contributed by atoms with Crippen molar-refractivity contribution in [3.05, 3.63) is 146 Å². The molecule has 0 aromatic heterocycles. The number of rotatable bonds is 33. The molecule has 0 bridgehead atoms. The van der Waals surface area contributed by atoms with E-state index in [1.54, 1.807) is 6.08 Å². The largest absolute Gasteiger partial charge is 0.394 e. The lowest BCUT2D eigenvalue weighted by atomic mass is 10.1. The summed E-state index contributed by atoms with van der Waals surface area (Å²) in [6.45, 7) is 4.02. The van der Waals surface area contributed by atoms with Crippen molar-refractivity contribution in [1.82, 2.24) is 5.32 Å². The Bertz CT molecular complexity index is 1170. The molecule has 0 radical (unpaired) electrons. The number of amides is 1. The summed E-state index contributed by atoms with van der Waals surface area (Å²) in [5.74, 6) is -0.130. The van der Waals surface area contributed by atoms with E-state index in [1.807, 2.05) is 6.08 Å². The lowest BCUT2D eigenvalue weighted by Crippen LogP contribution is -2.45. The molecule has 2 unspecified atom stereocenters. The summed E-state index contributed by atoms with van der Waals surface area (Å²) >= 11 is 0. The zero-order valence-electron chi connectivity index (χ0n) is 32.7. The van der Waals surface area contributed by atoms with Crippen LogP contribution in [0, 0.1) is 0 Å². The number of carbonyl (C=O) groups is 1. The topological polar surface area (TPSA) is 69.6 Å². The zero-order valence-corrected chi connectivity index (χ0v) is 32.7. The highest BCUT2D eigenvalue weighted by atomic mass is 16.3. The first-order valence-electron chi connectivity index (χ1n) is 20.0. The monoisotopic (exact) mass is 712 g/mol. The van der Waals surface area contributed by atoms with Crippen molar-refractivity contribution in [2.24, 2.45) is 0 Å². The first kappa shape index (κ1) is 48.3. The highest BCUT2D eigenvalue weighted by Gasteiger charge is 2.17. The molecule has 0 aromatic carbocycles. The Morgan fingerprint density at radius 3 is 1.25 bits per heavy atom. The third-order valence-corrected chi connectivity index (χ3v) is 7.79. The van der Waals surface area contributed by atoms with Crippen molar-refractivity contribution in [1.29, 1.82) is 0 Å². The molecule has 0 spiro atoms. The predicted octanol–water partition coefficient (Wildman–Crippen LogP) is 12.6. The van der Waals surface area contributed by atoms with E-state index < -0.39 is 12.1 Å². The fourth-order valence-electron chi connectivity index (χ4n) is 4.75. The number of aliphatic hydroxyl groups excluding tert-OH is 2. The number of allylic oxidation sites excluding steroid dienone is 23. The van der Waals surface area contributed by atoms with Gasteiger partial charge in [-0.1, -0.05) is 166 Å². The molecule has 0 aliphatic carbocycles. The first-order valence-corrected chi connectivity index (χ1v) is 20.0. The summed E-state index contributed by atoms with van der Waals surface area (Å²) in [5.41, 5.74) is 0. The minimum atomic E-state index is -0.888.